The van der Waals surface area contributed by atoms with E-state index in [4.69, 9.17) is 0 Å². The lowest BCUT2D eigenvalue weighted by Gasteiger charge is -2.24. The van der Waals surface area contributed by atoms with Crippen LogP contribution in [0.15, 0.2) is 30.5 Å². The molecule has 2 aliphatic rings. The van der Waals surface area contributed by atoms with Gasteiger partial charge < -0.3 is 21.3 Å². The molecular weight excluding hydrogens is 553 g/mol. The fourth-order valence-corrected chi connectivity index (χ4v) is 4.85. The Kier molecular flexibility index (Phi) is 18.6. The fourth-order valence-electron chi connectivity index (χ4n) is 4.85. The van der Waals surface area contributed by atoms with E-state index in [0.29, 0.717) is 23.8 Å². The molecule has 4 N–H and O–H groups in total. The smallest absolute Gasteiger partial charge is 0.366 e. The van der Waals surface area contributed by atoms with Gasteiger partial charge in [-0.15, -0.1) is 0 Å². The molecule has 0 aliphatic heterocycles. The Morgan fingerprint density at radius 1 is 0.953 bits per heavy atom. The number of benzene rings is 1. The molecule has 2 aliphatic carbocycles. The number of rotatable bonds is 10. The van der Waals surface area contributed by atoms with Gasteiger partial charge in [-0.2, -0.15) is 18.2 Å². The van der Waals surface area contributed by atoms with Crippen molar-refractivity contribution < 1.29 is 18.0 Å². The van der Waals surface area contributed by atoms with Crippen molar-refractivity contribution in [3.63, 3.8) is 0 Å². The van der Waals surface area contributed by atoms with Crippen molar-refractivity contribution in [1.82, 2.24) is 20.6 Å². The molecule has 2 unspecified atom stereocenters. The number of carbonyl (C=O) groups excluding carboxylic acids is 1. The Labute approximate surface area is 257 Å². The number of hydrogen-bond acceptors (Lipinski definition) is 6. The summed E-state index contributed by atoms with van der Waals surface area (Å²) >= 11 is 0. The van der Waals surface area contributed by atoms with Gasteiger partial charge in [0.05, 0.1) is 0 Å². The first-order chi connectivity index (χ1) is 20.7. The normalized spacial score (nSPS) is 17.5. The van der Waals surface area contributed by atoms with Gasteiger partial charge in [-0.3, -0.25) is 4.79 Å². The third-order valence-electron chi connectivity index (χ3n) is 7.05. The van der Waals surface area contributed by atoms with Crippen LogP contribution in [-0.2, 0) is 6.18 Å². The van der Waals surface area contributed by atoms with Gasteiger partial charge in [0.15, 0.2) is 0 Å². The van der Waals surface area contributed by atoms with Gasteiger partial charge in [-0.25, -0.2) is 4.98 Å². The number of carbonyl (C=O) groups is 1. The van der Waals surface area contributed by atoms with E-state index in [9.17, 15) is 18.0 Å². The summed E-state index contributed by atoms with van der Waals surface area (Å²) in [6.45, 7) is 15.4. The van der Waals surface area contributed by atoms with Gasteiger partial charge in [0, 0.05) is 42.6 Å². The Morgan fingerprint density at radius 3 is 2.09 bits per heavy atom. The fraction of sp³-hybridized carbons (Fsp3) is 0.667. The van der Waals surface area contributed by atoms with Crippen LogP contribution in [-0.4, -0.2) is 41.0 Å². The summed E-state index contributed by atoms with van der Waals surface area (Å²) in [5, 5.41) is 12.2. The molecule has 1 amide bonds. The largest absolute Gasteiger partial charge is 0.421 e. The van der Waals surface area contributed by atoms with Crippen LogP contribution in [0.25, 0.3) is 0 Å². The van der Waals surface area contributed by atoms with E-state index in [1.165, 1.54) is 32.1 Å². The van der Waals surface area contributed by atoms with Gasteiger partial charge in [0.25, 0.3) is 5.91 Å². The molecule has 1 aromatic heterocycles. The number of amides is 1. The lowest BCUT2D eigenvalue weighted by atomic mass is 10.0. The highest BCUT2D eigenvalue weighted by atomic mass is 19.4. The topological polar surface area (TPSA) is 91.0 Å². The highest BCUT2D eigenvalue weighted by Gasteiger charge is 2.37. The highest BCUT2D eigenvalue weighted by Crippen LogP contribution is 2.36. The Balaban J connectivity index is 0.000000899. The van der Waals surface area contributed by atoms with Crippen molar-refractivity contribution in [3.8, 4) is 0 Å². The third-order valence-corrected chi connectivity index (χ3v) is 7.05. The van der Waals surface area contributed by atoms with Crippen LogP contribution in [0.5, 0.6) is 0 Å². The minimum absolute atomic E-state index is 0.0496. The number of nitrogens with zero attached hydrogens (tertiary/aromatic N) is 2. The molecule has 2 aromatic rings. The van der Waals surface area contributed by atoms with E-state index in [1.54, 1.807) is 24.3 Å². The molecule has 4 rings (SSSR count). The minimum Gasteiger partial charge on any atom is -0.366 e. The monoisotopic (exact) mass is 608 g/mol. The maximum Gasteiger partial charge on any atom is 0.421 e. The van der Waals surface area contributed by atoms with Crippen molar-refractivity contribution in [2.24, 2.45) is 5.92 Å². The first-order valence-corrected chi connectivity index (χ1v) is 16.3. The van der Waals surface area contributed by atoms with E-state index in [2.05, 4.69) is 31.2 Å². The van der Waals surface area contributed by atoms with Gasteiger partial charge >= 0.3 is 6.18 Å². The summed E-state index contributed by atoms with van der Waals surface area (Å²) < 4.78 is 40.9. The molecule has 2 saturated carbocycles. The van der Waals surface area contributed by atoms with Crippen LogP contribution in [0.4, 0.5) is 30.6 Å². The average molecular weight is 609 g/mol. The molecule has 1 aromatic carbocycles. The summed E-state index contributed by atoms with van der Waals surface area (Å²) in [5.41, 5.74) is 0.179. The quantitative estimate of drug-likeness (QED) is 0.215. The zero-order chi connectivity index (χ0) is 32.3. The maximum absolute atomic E-state index is 13.6. The molecule has 2 atom stereocenters. The second kappa shape index (κ2) is 20.9. The van der Waals surface area contributed by atoms with Gasteiger partial charge in [0.1, 0.15) is 11.4 Å². The number of alkyl halides is 3. The first kappa shape index (κ1) is 38.1. The molecule has 1 heterocycles. The Hall–Kier alpha value is -2.88. The Bertz CT molecular complexity index is 1020. The summed E-state index contributed by atoms with van der Waals surface area (Å²) in [7, 11) is 0. The molecule has 0 radical (unpaired) electrons. The SMILES string of the molecule is C1CCCC1.CC.CC.CCCNC(=O)c1ccc(Nc2ncc(C(F)(F)F)c(NC3CCCC3CNC(C)C)n2)cc1. The van der Waals surface area contributed by atoms with E-state index < -0.39 is 11.7 Å². The molecule has 2 fully saturated rings. The minimum atomic E-state index is -4.57. The summed E-state index contributed by atoms with van der Waals surface area (Å²) in [4.78, 5) is 20.1. The highest BCUT2D eigenvalue weighted by molar-refractivity contribution is 5.94. The summed E-state index contributed by atoms with van der Waals surface area (Å²) in [5.74, 6) is -0.124. The molecule has 7 nitrogen and oxygen atoms in total. The van der Waals surface area contributed by atoms with Gasteiger partial charge in [-0.05, 0) is 49.4 Å². The van der Waals surface area contributed by atoms with Crippen molar-refractivity contribution in [2.75, 3.05) is 23.7 Å². The lowest BCUT2D eigenvalue weighted by molar-refractivity contribution is -0.137. The van der Waals surface area contributed by atoms with Crippen LogP contribution in [0.1, 0.15) is 122 Å². The molecular formula is C33H55F3N6O. The predicted octanol–water partition coefficient (Wildman–Crippen LogP) is 8.96. The molecule has 0 saturated heterocycles. The average Bonchev–Trinajstić information content (AvgIpc) is 3.73. The maximum atomic E-state index is 13.6. The van der Waals surface area contributed by atoms with E-state index >= 15 is 0 Å². The van der Waals surface area contributed by atoms with Crippen LogP contribution >= 0.6 is 0 Å². The first-order valence-electron chi connectivity index (χ1n) is 16.3. The lowest BCUT2D eigenvalue weighted by Crippen LogP contribution is -2.36. The second-order valence-corrected chi connectivity index (χ2v) is 10.7. The zero-order valence-electron chi connectivity index (χ0n) is 27.3. The van der Waals surface area contributed by atoms with Gasteiger partial charge in [0.2, 0.25) is 5.95 Å². The number of nitrogens with one attached hydrogen (secondary N) is 4. The van der Waals surface area contributed by atoms with Gasteiger partial charge in [-0.1, -0.05) is 87.0 Å². The molecule has 0 spiro atoms. The van der Waals surface area contributed by atoms with Crippen molar-refractivity contribution in [3.05, 3.63) is 41.6 Å². The number of halogens is 3. The zero-order valence-corrected chi connectivity index (χ0v) is 27.3. The number of anilines is 3. The summed E-state index contributed by atoms with van der Waals surface area (Å²) in [6.07, 6.45) is 7.27. The third kappa shape index (κ3) is 14.0. The predicted molar refractivity (Wildman–Crippen MR) is 173 cm³/mol. The Morgan fingerprint density at radius 2 is 1.56 bits per heavy atom. The standard InChI is InChI=1S/C24H33F3N6O.C5H10.2C2H6/c1-4-12-28-22(34)16-8-10-18(11-9-16)31-23-30-14-19(24(25,26)27)21(33-23)32-20-7-5-6-17(20)13-29-15(2)3;1-2-4-5-3-1;2*1-2/h8-11,14-15,17,20,29H,4-7,12-13H2,1-3H3,(H,28,34)(H2,30,31,32,33);1-5H2;2*1-2H3. The van der Waals surface area contributed by atoms with Crippen LogP contribution < -0.4 is 21.3 Å². The van der Waals surface area contributed by atoms with Crippen molar-refractivity contribution >= 4 is 23.4 Å². The summed E-state index contributed by atoms with van der Waals surface area (Å²) in [6, 6.07) is 6.82. The molecule has 10 heteroatoms. The van der Waals surface area contributed by atoms with Crippen LogP contribution in [0.2, 0.25) is 0 Å². The van der Waals surface area contributed by atoms with Crippen molar-refractivity contribution in [1.29, 1.82) is 0 Å². The second-order valence-electron chi connectivity index (χ2n) is 10.7. The van der Waals surface area contributed by atoms with Crippen LogP contribution in [0, 0.1) is 5.92 Å². The molecule has 244 valence electrons. The number of aromatic nitrogens is 2. The van der Waals surface area contributed by atoms with E-state index in [1.807, 2.05) is 48.5 Å². The van der Waals surface area contributed by atoms with Crippen LogP contribution in [0.3, 0.4) is 0 Å². The molecule has 43 heavy (non-hydrogen) atoms. The number of hydrogen-bond donors (Lipinski definition) is 4. The van der Waals surface area contributed by atoms with E-state index in [-0.39, 0.29) is 29.6 Å². The van der Waals surface area contributed by atoms with Crippen molar-refractivity contribution in [2.45, 2.75) is 125 Å². The molecule has 0 bridgehead atoms. The van der Waals surface area contributed by atoms with E-state index in [0.717, 1.165) is 38.4 Å².